The van der Waals surface area contributed by atoms with Gasteiger partial charge in [0, 0.05) is 16.5 Å². The van der Waals surface area contributed by atoms with Crippen LogP contribution in [0.3, 0.4) is 0 Å². The van der Waals surface area contributed by atoms with Crippen molar-refractivity contribution in [1.82, 2.24) is 9.66 Å². The Morgan fingerprint density at radius 1 is 1.36 bits per heavy atom. The highest BCUT2D eigenvalue weighted by Crippen LogP contribution is 2.19. The number of para-hydroxylation sites is 1. The van der Waals surface area contributed by atoms with Crippen LogP contribution in [0, 0.1) is 0 Å². The highest BCUT2D eigenvalue weighted by Gasteiger charge is 2.14. The largest absolute Gasteiger partial charge is 0.479 e. The van der Waals surface area contributed by atoms with Gasteiger partial charge in [0.05, 0.1) is 17.1 Å². The van der Waals surface area contributed by atoms with Gasteiger partial charge in [-0.15, -0.1) is 0 Å². The number of aromatic nitrogens is 2. The maximum absolute atomic E-state index is 12.9. The van der Waals surface area contributed by atoms with E-state index in [2.05, 4.69) is 26.0 Å². The second-order valence-electron chi connectivity index (χ2n) is 6.04. The third kappa shape index (κ3) is 4.12. The molecule has 0 saturated carbocycles. The van der Waals surface area contributed by atoms with Crippen molar-refractivity contribution in [2.75, 3.05) is 0 Å². The van der Waals surface area contributed by atoms with Gasteiger partial charge in [-0.3, -0.25) is 4.79 Å². The van der Waals surface area contributed by atoms with Gasteiger partial charge in [-0.05, 0) is 37.3 Å². The zero-order valence-electron chi connectivity index (χ0n) is 15.3. The molecule has 28 heavy (non-hydrogen) atoms. The molecule has 1 heterocycles. The van der Waals surface area contributed by atoms with Gasteiger partial charge in [0.15, 0.2) is 6.10 Å². The van der Waals surface area contributed by atoms with E-state index in [-0.39, 0.29) is 5.56 Å². The van der Waals surface area contributed by atoms with E-state index in [9.17, 15) is 9.59 Å². The molecule has 0 fully saturated rings. The number of fused-ring (bicyclic) bond motifs is 1. The molecule has 0 aliphatic carbocycles. The second-order valence-corrected chi connectivity index (χ2v) is 6.96. The number of carboxylic acids is 1. The van der Waals surface area contributed by atoms with E-state index in [1.54, 1.807) is 36.4 Å². The average molecular weight is 444 g/mol. The molecule has 0 amide bonds. The highest BCUT2D eigenvalue weighted by atomic mass is 79.9. The van der Waals surface area contributed by atoms with Gasteiger partial charge in [-0.2, -0.15) is 9.78 Å². The van der Waals surface area contributed by atoms with E-state index >= 15 is 0 Å². The Kier molecular flexibility index (Phi) is 5.89. The van der Waals surface area contributed by atoms with Crippen molar-refractivity contribution >= 4 is 39.0 Å². The molecule has 3 aromatic rings. The maximum Gasteiger partial charge on any atom is 0.344 e. The lowest BCUT2D eigenvalue weighted by Gasteiger charge is -2.12. The number of hydrogen-bond acceptors (Lipinski definition) is 5. The Labute approximate surface area is 169 Å². The fraction of sp³-hybridized carbons (Fsp3) is 0.200. The standard InChI is InChI=1S/C20H18BrN3O4/c1-3-18-23-16-9-8-14(21)10-15(16)19(25)24(18)22-11-13-6-4-5-7-17(13)28-12(2)20(26)27/h4-12H,3H2,1-2H3,(H,26,27)/t12-/m0/s1. The van der Waals surface area contributed by atoms with Crippen LogP contribution in [0.4, 0.5) is 0 Å². The summed E-state index contributed by atoms with van der Waals surface area (Å²) in [7, 11) is 0. The third-order valence-electron chi connectivity index (χ3n) is 4.07. The van der Waals surface area contributed by atoms with Crippen LogP contribution in [0.2, 0.25) is 0 Å². The van der Waals surface area contributed by atoms with Crippen molar-refractivity contribution in [1.29, 1.82) is 0 Å². The van der Waals surface area contributed by atoms with Crippen LogP contribution in [0.25, 0.3) is 10.9 Å². The number of ether oxygens (including phenoxy) is 1. The summed E-state index contributed by atoms with van der Waals surface area (Å²) in [5.74, 6) is -0.183. The predicted molar refractivity (Wildman–Crippen MR) is 110 cm³/mol. The van der Waals surface area contributed by atoms with E-state index in [1.165, 1.54) is 17.8 Å². The van der Waals surface area contributed by atoms with Crippen molar-refractivity contribution in [3.05, 3.63) is 68.7 Å². The third-order valence-corrected chi connectivity index (χ3v) is 4.57. The zero-order valence-corrected chi connectivity index (χ0v) is 16.9. The molecule has 1 N–H and O–H groups in total. The number of aryl methyl sites for hydroxylation is 1. The lowest BCUT2D eigenvalue weighted by molar-refractivity contribution is -0.144. The minimum atomic E-state index is -1.07. The summed E-state index contributed by atoms with van der Waals surface area (Å²) in [5, 5.41) is 13.8. The number of aliphatic carboxylic acids is 1. The summed E-state index contributed by atoms with van der Waals surface area (Å²) in [6.45, 7) is 3.34. The number of nitrogens with zero attached hydrogens (tertiary/aromatic N) is 3. The summed E-state index contributed by atoms with van der Waals surface area (Å²) >= 11 is 3.37. The van der Waals surface area contributed by atoms with E-state index in [0.29, 0.717) is 34.5 Å². The van der Waals surface area contributed by atoms with E-state index in [1.807, 2.05) is 13.0 Å². The van der Waals surface area contributed by atoms with Crippen LogP contribution in [0.15, 0.2) is 56.8 Å². The Morgan fingerprint density at radius 2 is 2.11 bits per heavy atom. The number of halogens is 1. The van der Waals surface area contributed by atoms with Crippen molar-refractivity contribution in [2.24, 2.45) is 5.10 Å². The Balaban J connectivity index is 2.06. The molecule has 0 aliphatic rings. The fourth-order valence-corrected chi connectivity index (χ4v) is 2.96. The SMILES string of the molecule is CCc1nc2ccc(Br)cc2c(=O)n1N=Cc1ccccc1O[C@@H](C)C(=O)O. The van der Waals surface area contributed by atoms with E-state index in [0.717, 1.165) is 4.47 Å². The first-order valence-electron chi connectivity index (χ1n) is 8.64. The summed E-state index contributed by atoms with van der Waals surface area (Å²) < 4.78 is 7.50. The highest BCUT2D eigenvalue weighted by molar-refractivity contribution is 9.10. The molecule has 7 nitrogen and oxygen atoms in total. The molecule has 144 valence electrons. The van der Waals surface area contributed by atoms with Crippen molar-refractivity contribution in [2.45, 2.75) is 26.4 Å². The maximum atomic E-state index is 12.9. The summed E-state index contributed by atoms with van der Waals surface area (Å²) in [5.41, 5.74) is 0.881. The topological polar surface area (TPSA) is 93.8 Å². The smallest absolute Gasteiger partial charge is 0.344 e. The van der Waals surface area contributed by atoms with E-state index < -0.39 is 12.1 Å². The first-order chi connectivity index (χ1) is 13.4. The molecule has 1 aromatic heterocycles. The Morgan fingerprint density at radius 3 is 2.82 bits per heavy atom. The number of hydrogen-bond donors (Lipinski definition) is 1. The Bertz CT molecular complexity index is 1120. The van der Waals surface area contributed by atoms with Crippen molar-refractivity contribution in [3.8, 4) is 5.75 Å². The van der Waals surface area contributed by atoms with Gasteiger partial charge in [0.25, 0.3) is 5.56 Å². The normalized spacial score (nSPS) is 12.4. The van der Waals surface area contributed by atoms with Crippen molar-refractivity contribution < 1.29 is 14.6 Å². The quantitative estimate of drug-likeness (QED) is 0.588. The molecule has 0 saturated heterocycles. The van der Waals surface area contributed by atoms with Crippen molar-refractivity contribution in [3.63, 3.8) is 0 Å². The van der Waals surface area contributed by atoms with E-state index in [4.69, 9.17) is 9.84 Å². The molecule has 1 atom stereocenters. The molecule has 0 unspecified atom stereocenters. The molecule has 0 aliphatic heterocycles. The van der Waals surface area contributed by atoms with Crippen LogP contribution in [-0.4, -0.2) is 33.1 Å². The van der Waals surface area contributed by atoms with Gasteiger partial charge >= 0.3 is 5.97 Å². The molecule has 0 radical (unpaired) electrons. The predicted octanol–water partition coefficient (Wildman–Crippen LogP) is 3.46. The summed E-state index contributed by atoms with van der Waals surface area (Å²) in [4.78, 5) is 28.5. The molecular formula is C20H18BrN3O4. The molecule has 0 spiro atoms. The summed E-state index contributed by atoms with van der Waals surface area (Å²) in [6, 6.07) is 12.2. The van der Waals surface area contributed by atoms with Gasteiger partial charge < -0.3 is 9.84 Å². The lowest BCUT2D eigenvalue weighted by Crippen LogP contribution is -2.23. The van der Waals surface area contributed by atoms with Gasteiger partial charge in [0.1, 0.15) is 11.6 Å². The number of rotatable bonds is 6. The van der Waals surface area contributed by atoms with Gasteiger partial charge in [-0.1, -0.05) is 35.0 Å². The number of carboxylic acid groups (broad SMARTS) is 1. The van der Waals surface area contributed by atoms with Crippen LogP contribution < -0.4 is 10.3 Å². The average Bonchev–Trinajstić information content (AvgIpc) is 2.68. The van der Waals surface area contributed by atoms with Crippen LogP contribution in [-0.2, 0) is 11.2 Å². The number of benzene rings is 2. The van der Waals surface area contributed by atoms with Crippen LogP contribution in [0.1, 0.15) is 25.2 Å². The summed E-state index contributed by atoms with van der Waals surface area (Å²) in [6.07, 6.45) is 0.978. The molecule has 3 rings (SSSR count). The first kappa shape index (κ1) is 19.8. The minimum Gasteiger partial charge on any atom is -0.479 e. The monoisotopic (exact) mass is 443 g/mol. The van der Waals surface area contributed by atoms with Crippen LogP contribution >= 0.6 is 15.9 Å². The Hall–Kier alpha value is -3.00. The fourth-order valence-electron chi connectivity index (χ4n) is 2.60. The molecule has 8 heteroatoms. The molecule has 2 aromatic carbocycles. The zero-order chi connectivity index (χ0) is 20.3. The minimum absolute atomic E-state index is 0.281. The first-order valence-corrected chi connectivity index (χ1v) is 9.44. The van der Waals surface area contributed by atoms with Gasteiger partial charge in [0.2, 0.25) is 0 Å². The number of carbonyl (C=O) groups is 1. The lowest BCUT2D eigenvalue weighted by atomic mass is 10.2. The molecule has 0 bridgehead atoms. The van der Waals surface area contributed by atoms with Gasteiger partial charge in [-0.25, -0.2) is 9.78 Å². The molecular weight excluding hydrogens is 426 g/mol. The second kappa shape index (κ2) is 8.35. The van der Waals surface area contributed by atoms with Crippen LogP contribution in [0.5, 0.6) is 5.75 Å².